The van der Waals surface area contributed by atoms with Gasteiger partial charge in [-0.15, -0.1) is 0 Å². The highest BCUT2D eigenvalue weighted by atomic mass is 35.5. The Bertz CT molecular complexity index is 1050. The van der Waals surface area contributed by atoms with Crippen LogP contribution in [0.25, 0.3) is 0 Å². The number of hydrogen-bond acceptors (Lipinski definition) is 6. The fourth-order valence-corrected chi connectivity index (χ4v) is 6.14. The molecule has 194 valence electrons. The molecule has 0 unspecified atom stereocenters. The summed E-state index contributed by atoms with van der Waals surface area (Å²) in [5.74, 6) is -0.147. The number of rotatable bonds is 6. The van der Waals surface area contributed by atoms with E-state index in [1.165, 1.54) is 37.8 Å². The van der Waals surface area contributed by atoms with E-state index in [0.29, 0.717) is 18.3 Å². The van der Waals surface area contributed by atoms with Crippen LogP contribution in [-0.2, 0) is 16.0 Å². The van der Waals surface area contributed by atoms with Crippen molar-refractivity contribution in [3.8, 4) is 11.5 Å². The number of ether oxygens (including phenoxy) is 2. The van der Waals surface area contributed by atoms with Gasteiger partial charge in [-0.3, -0.25) is 4.79 Å². The van der Waals surface area contributed by atoms with E-state index >= 15 is 0 Å². The SMILES string of the molecule is COc1ccnc(C(=O)N[C@H]2CCC[C@H](Cc3ccc(Cl)cc3)[C@@H](C3CCCC3)[C@H](C)OC2=O)c1O. The number of amides is 1. The number of halogens is 1. The zero-order chi connectivity index (χ0) is 25.7. The van der Waals surface area contributed by atoms with Crippen LogP contribution >= 0.6 is 11.6 Å². The molecule has 2 heterocycles. The summed E-state index contributed by atoms with van der Waals surface area (Å²) in [5, 5.41) is 13.8. The third-order valence-corrected chi connectivity index (χ3v) is 7.98. The number of esters is 1. The largest absolute Gasteiger partial charge is 0.503 e. The third kappa shape index (κ3) is 6.12. The number of carbonyl (C=O) groups is 2. The van der Waals surface area contributed by atoms with E-state index in [1.807, 2.05) is 19.1 Å². The maximum absolute atomic E-state index is 13.2. The van der Waals surface area contributed by atoms with Crippen LogP contribution in [0.5, 0.6) is 11.5 Å². The molecule has 0 spiro atoms. The van der Waals surface area contributed by atoms with Crippen LogP contribution in [-0.4, -0.2) is 41.2 Å². The number of nitrogens with one attached hydrogen (secondary N) is 1. The Labute approximate surface area is 217 Å². The second-order valence-corrected chi connectivity index (χ2v) is 10.5. The first-order chi connectivity index (χ1) is 17.4. The average molecular weight is 515 g/mol. The van der Waals surface area contributed by atoms with Crippen LogP contribution in [0.3, 0.4) is 0 Å². The van der Waals surface area contributed by atoms with E-state index in [-0.39, 0.29) is 29.2 Å². The maximum atomic E-state index is 13.2. The second kappa shape index (κ2) is 12.0. The highest BCUT2D eigenvalue weighted by Gasteiger charge is 2.39. The summed E-state index contributed by atoms with van der Waals surface area (Å²) in [6, 6.07) is 8.65. The quantitative estimate of drug-likeness (QED) is 0.506. The number of nitrogens with zero attached hydrogens (tertiary/aromatic N) is 1. The summed E-state index contributed by atoms with van der Waals surface area (Å²) in [4.78, 5) is 30.1. The van der Waals surface area contributed by atoms with Crippen molar-refractivity contribution in [1.82, 2.24) is 10.3 Å². The van der Waals surface area contributed by atoms with Gasteiger partial charge in [0.1, 0.15) is 12.1 Å². The number of cyclic esters (lactones) is 1. The van der Waals surface area contributed by atoms with E-state index in [4.69, 9.17) is 21.1 Å². The van der Waals surface area contributed by atoms with Crippen molar-refractivity contribution in [2.45, 2.75) is 70.4 Å². The lowest BCUT2D eigenvalue weighted by Crippen LogP contribution is -2.44. The van der Waals surface area contributed by atoms with E-state index in [0.717, 1.165) is 37.1 Å². The molecule has 1 amide bonds. The molecular formula is C28H35ClN2O5. The van der Waals surface area contributed by atoms with Crippen molar-refractivity contribution in [1.29, 1.82) is 0 Å². The third-order valence-electron chi connectivity index (χ3n) is 7.72. The van der Waals surface area contributed by atoms with Gasteiger partial charge in [-0.2, -0.15) is 0 Å². The van der Waals surface area contributed by atoms with Gasteiger partial charge in [0, 0.05) is 23.2 Å². The predicted octanol–water partition coefficient (Wildman–Crippen LogP) is 5.33. The Morgan fingerprint density at radius 3 is 2.56 bits per heavy atom. The van der Waals surface area contributed by atoms with Crippen molar-refractivity contribution < 1.29 is 24.2 Å². The zero-order valence-corrected chi connectivity index (χ0v) is 21.7. The van der Waals surface area contributed by atoms with Gasteiger partial charge in [0.05, 0.1) is 7.11 Å². The van der Waals surface area contributed by atoms with Gasteiger partial charge in [-0.05, 0) is 55.7 Å². The van der Waals surface area contributed by atoms with Crippen LogP contribution < -0.4 is 10.1 Å². The topological polar surface area (TPSA) is 97.8 Å². The number of aromatic hydroxyl groups is 1. The molecule has 8 heteroatoms. The summed E-state index contributed by atoms with van der Waals surface area (Å²) in [6.45, 7) is 2.00. The molecule has 1 aromatic heterocycles. The molecule has 2 N–H and O–H groups in total. The molecule has 0 bridgehead atoms. The first kappa shape index (κ1) is 26.3. The van der Waals surface area contributed by atoms with Crippen molar-refractivity contribution in [3.63, 3.8) is 0 Å². The van der Waals surface area contributed by atoms with Gasteiger partial charge in [-0.1, -0.05) is 55.8 Å². The van der Waals surface area contributed by atoms with E-state index < -0.39 is 17.9 Å². The molecule has 4 atom stereocenters. The van der Waals surface area contributed by atoms with Gasteiger partial charge < -0.3 is 19.9 Å². The summed E-state index contributed by atoms with van der Waals surface area (Å²) < 4.78 is 11.1. The van der Waals surface area contributed by atoms with Crippen LogP contribution in [0.4, 0.5) is 0 Å². The number of hydrogen-bond donors (Lipinski definition) is 2. The molecule has 1 aliphatic heterocycles. The lowest BCUT2D eigenvalue weighted by atomic mass is 9.73. The van der Waals surface area contributed by atoms with Crippen LogP contribution in [0.2, 0.25) is 5.02 Å². The van der Waals surface area contributed by atoms with Gasteiger partial charge in [-0.25, -0.2) is 9.78 Å². The minimum atomic E-state index is -0.814. The second-order valence-electron chi connectivity index (χ2n) is 10.0. The lowest BCUT2D eigenvalue weighted by molar-refractivity contribution is -0.155. The van der Waals surface area contributed by atoms with Crippen molar-refractivity contribution in [2.24, 2.45) is 17.8 Å². The van der Waals surface area contributed by atoms with Gasteiger partial charge >= 0.3 is 5.97 Å². The number of carbonyl (C=O) groups excluding carboxylic acids is 2. The zero-order valence-electron chi connectivity index (χ0n) is 20.9. The molecule has 0 radical (unpaired) electrons. The fourth-order valence-electron chi connectivity index (χ4n) is 6.02. The molecule has 36 heavy (non-hydrogen) atoms. The van der Waals surface area contributed by atoms with E-state index in [1.54, 1.807) is 0 Å². The summed E-state index contributed by atoms with van der Waals surface area (Å²) >= 11 is 6.10. The van der Waals surface area contributed by atoms with Gasteiger partial charge in [0.15, 0.2) is 17.2 Å². The van der Waals surface area contributed by atoms with E-state index in [9.17, 15) is 14.7 Å². The van der Waals surface area contributed by atoms with Crippen LogP contribution in [0, 0.1) is 17.8 Å². The normalized spacial score (nSPS) is 25.4. The minimum Gasteiger partial charge on any atom is -0.503 e. The van der Waals surface area contributed by atoms with Gasteiger partial charge in [0.25, 0.3) is 5.91 Å². The van der Waals surface area contributed by atoms with E-state index in [2.05, 4.69) is 22.4 Å². The molecule has 1 aromatic carbocycles. The van der Waals surface area contributed by atoms with Gasteiger partial charge in [0.2, 0.25) is 0 Å². The highest BCUT2D eigenvalue weighted by molar-refractivity contribution is 6.30. The number of benzene rings is 1. The van der Waals surface area contributed by atoms with Crippen molar-refractivity contribution in [2.75, 3.05) is 7.11 Å². The summed E-state index contributed by atoms with van der Waals surface area (Å²) in [6.07, 6.45) is 8.91. The molecule has 2 aromatic rings. The Morgan fingerprint density at radius 1 is 1.14 bits per heavy atom. The number of methoxy groups -OCH3 is 1. The molecule has 1 aliphatic carbocycles. The molecule has 1 saturated heterocycles. The molecule has 7 nitrogen and oxygen atoms in total. The standard InChI is InChI=1S/C28H35ClN2O5/c1-17-24(19-6-3-4-7-19)20(16-18-10-12-21(29)13-11-18)8-5-9-22(28(34)36-17)31-27(33)25-26(32)23(35-2)14-15-30-25/h10-15,17,19-20,22,24,32H,3-9,16H2,1-2H3,(H,31,33)/t17-,20+,22-,24+/m0/s1. The molecule has 4 rings (SSSR count). The predicted molar refractivity (Wildman–Crippen MR) is 137 cm³/mol. The molecule has 2 aliphatic rings. The van der Waals surface area contributed by atoms with Crippen molar-refractivity contribution >= 4 is 23.5 Å². The Balaban J connectivity index is 1.53. The van der Waals surface area contributed by atoms with Crippen LogP contribution in [0.15, 0.2) is 36.5 Å². The fraction of sp³-hybridized carbons (Fsp3) is 0.536. The Kier molecular flexibility index (Phi) is 8.72. The molecule has 1 saturated carbocycles. The molecular weight excluding hydrogens is 480 g/mol. The maximum Gasteiger partial charge on any atom is 0.328 e. The average Bonchev–Trinajstić information content (AvgIpc) is 3.39. The summed E-state index contributed by atoms with van der Waals surface area (Å²) in [5.41, 5.74) is 1.05. The van der Waals surface area contributed by atoms with Crippen molar-refractivity contribution in [3.05, 3.63) is 52.8 Å². The first-order valence-electron chi connectivity index (χ1n) is 12.8. The Morgan fingerprint density at radius 2 is 1.86 bits per heavy atom. The smallest absolute Gasteiger partial charge is 0.328 e. The Hall–Kier alpha value is -2.80. The van der Waals surface area contributed by atoms with Crippen LogP contribution in [0.1, 0.15) is 67.9 Å². The number of aromatic nitrogens is 1. The summed E-state index contributed by atoms with van der Waals surface area (Å²) in [7, 11) is 1.40. The lowest BCUT2D eigenvalue weighted by Gasteiger charge is -2.35. The number of pyridine rings is 1. The monoisotopic (exact) mass is 514 g/mol. The minimum absolute atomic E-state index is 0.144. The molecule has 2 fully saturated rings. The highest BCUT2D eigenvalue weighted by Crippen LogP contribution is 2.42. The first-order valence-corrected chi connectivity index (χ1v) is 13.2.